The number of amides is 2. The van der Waals surface area contributed by atoms with Crippen molar-refractivity contribution in [2.75, 3.05) is 6.54 Å². The van der Waals surface area contributed by atoms with Gasteiger partial charge in [-0.15, -0.1) is 6.42 Å². The van der Waals surface area contributed by atoms with Gasteiger partial charge in [0.1, 0.15) is 0 Å². The quantitative estimate of drug-likeness (QED) is 0.641. The normalized spacial score (nSPS) is 18.3. The summed E-state index contributed by atoms with van der Waals surface area (Å²) in [7, 11) is 0. The van der Waals surface area contributed by atoms with E-state index in [9.17, 15) is 14.7 Å². The predicted molar refractivity (Wildman–Crippen MR) is 72.6 cm³/mol. The Bertz CT molecular complexity index is 367. The topological polar surface area (TPSA) is 78.4 Å². The molecule has 1 fully saturated rings. The number of carbonyl (C=O) groups excluding carboxylic acids is 1. The molecule has 0 spiro atoms. The van der Waals surface area contributed by atoms with Crippen LogP contribution >= 0.6 is 0 Å². The molecule has 19 heavy (non-hydrogen) atoms. The van der Waals surface area contributed by atoms with E-state index in [0.29, 0.717) is 19.3 Å². The van der Waals surface area contributed by atoms with E-state index in [4.69, 9.17) is 6.42 Å². The minimum absolute atomic E-state index is 0.164. The number of carboxylic acids is 1. The van der Waals surface area contributed by atoms with E-state index >= 15 is 0 Å². The van der Waals surface area contributed by atoms with Crippen LogP contribution in [0.1, 0.15) is 45.4 Å². The second-order valence-electron chi connectivity index (χ2n) is 5.13. The van der Waals surface area contributed by atoms with Crippen molar-refractivity contribution in [3.63, 3.8) is 0 Å². The van der Waals surface area contributed by atoms with Crippen molar-refractivity contribution in [2.45, 2.75) is 51.5 Å². The zero-order valence-electron chi connectivity index (χ0n) is 11.4. The molecule has 5 nitrogen and oxygen atoms in total. The maximum absolute atomic E-state index is 11.7. The van der Waals surface area contributed by atoms with Gasteiger partial charge in [0.05, 0.1) is 11.5 Å². The van der Waals surface area contributed by atoms with E-state index in [1.165, 1.54) is 0 Å². The van der Waals surface area contributed by atoms with Crippen molar-refractivity contribution < 1.29 is 14.7 Å². The number of urea groups is 1. The molecule has 106 valence electrons. The highest BCUT2D eigenvalue weighted by Crippen LogP contribution is 2.37. The lowest BCUT2D eigenvalue weighted by Gasteiger charge is -2.24. The Morgan fingerprint density at radius 1 is 1.42 bits per heavy atom. The Labute approximate surface area is 114 Å². The van der Waals surface area contributed by atoms with E-state index in [0.717, 1.165) is 19.3 Å². The average molecular weight is 266 g/mol. The van der Waals surface area contributed by atoms with Crippen LogP contribution in [-0.4, -0.2) is 29.7 Å². The Morgan fingerprint density at radius 2 is 2.05 bits per heavy atom. The molecular weight excluding hydrogens is 244 g/mol. The molecule has 0 aromatic rings. The summed E-state index contributed by atoms with van der Waals surface area (Å²) in [5.41, 5.74) is -0.798. The van der Waals surface area contributed by atoms with Gasteiger partial charge in [0, 0.05) is 6.54 Å². The first-order valence-electron chi connectivity index (χ1n) is 6.78. The lowest BCUT2D eigenvalue weighted by Crippen LogP contribution is -2.47. The summed E-state index contributed by atoms with van der Waals surface area (Å²) < 4.78 is 0. The second kappa shape index (κ2) is 7.03. The third-order valence-electron chi connectivity index (χ3n) is 3.69. The standard InChI is InChI=1S/C14H22N2O3/c1-3-7-11(4-2)16-13(19)15-10-14(12(17)18)8-5-6-9-14/h2,11H,3,5-10H2,1H3,(H,17,18)(H2,15,16,19). The molecule has 0 heterocycles. The van der Waals surface area contributed by atoms with Crippen molar-refractivity contribution in [1.82, 2.24) is 10.6 Å². The number of hydrogen-bond acceptors (Lipinski definition) is 2. The summed E-state index contributed by atoms with van der Waals surface area (Å²) >= 11 is 0. The van der Waals surface area contributed by atoms with Crippen LogP contribution in [-0.2, 0) is 4.79 Å². The van der Waals surface area contributed by atoms with Gasteiger partial charge in [-0.25, -0.2) is 4.79 Å². The Kier molecular flexibility index (Phi) is 5.68. The summed E-state index contributed by atoms with van der Waals surface area (Å²) in [5, 5.41) is 14.6. The zero-order valence-corrected chi connectivity index (χ0v) is 11.4. The molecule has 2 amide bonds. The van der Waals surface area contributed by atoms with Crippen LogP contribution in [0.2, 0.25) is 0 Å². The molecular formula is C14H22N2O3. The van der Waals surface area contributed by atoms with Crippen LogP contribution in [0.15, 0.2) is 0 Å². The monoisotopic (exact) mass is 266 g/mol. The lowest BCUT2D eigenvalue weighted by molar-refractivity contribution is -0.148. The van der Waals surface area contributed by atoms with Crippen molar-refractivity contribution in [1.29, 1.82) is 0 Å². The van der Waals surface area contributed by atoms with Crippen LogP contribution in [0.3, 0.4) is 0 Å². The first-order chi connectivity index (χ1) is 9.04. The summed E-state index contributed by atoms with van der Waals surface area (Å²) in [5.74, 6) is 1.68. The molecule has 5 heteroatoms. The largest absolute Gasteiger partial charge is 0.481 e. The molecule has 3 N–H and O–H groups in total. The summed E-state index contributed by atoms with van der Waals surface area (Å²) in [6, 6.07) is -0.682. The summed E-state index contributed by atoms with van der Waals surface area (Å²) in [6.07, 6.45) is 9.96. The molecule has 0 bridgehead atoms. The van der Waals surface area contributed by atoms with Gasteiger partial charge in [0.15, 0.2) is 0 Å². The molecule has 0 aromatic carbocycles. The van der Waals surface area contributed by atoms with Crippen molar-refractivity contribution in [3.05, 3.63) is 0 Å². The molecule has 0 radical (unpaired) electrons. The number of rotatable bonds is 6. The maximum atomic E-state index is 11.7. The zero-order chi connectivity index (χ0) is 14.3. The Morgan fingerprint density at radius 3 is 2.53 bits per heavy atom. The number of nitrogens with one attached hydrogen (secondary N) is 2. The number of carboxylic acid groups (broad SMARTS) is 1. The maximum Gasteiger partial charge on any atom is 0.315 e. The average Bonchev–Trinajstić information content (AvgIpc) is 2.86. The Balaban J connectivity index is 2.45. The summed E-state index contributed by atoms with van der Waals surface area (Å²) in [4.78, 5) is 23.0. The van der Waals surface area contributed by atoms with Crippen molar-refractivity contribution in [3.8, 4) is 12.3 Å². The predicted octanol–water partition coefficient (Wildman–Crippen LogP) is 1.73. The fraction of sp³-hybridized carbons (Fsp3) is 0.714. The van der Waals surface area contributed by atoms with Crippen LogP contribution in [0.5, 0.6) is 0 Å². The molecule has 1 aliphatic rings. The minimum Gasteiger partial charge on any atom is -0.481 e. The van der Waals surface area contributed by atoms with E-state index < -0.39 is 11.4 Å². The molecule has 1 atom stereocenters. The third kappa shape index (κ3) is 4.16. The van der Waals surface area contributed by atoms with Gasteiger partial charge in [-0.1, -0.05) is 32.1 Å². The fourth-order valence-electron chi connectivity index (χ4n) is 2.46. The van der Waals surface area contributed by atoms with E-state index in [1.807, 2.05) is 6.92 Å². The molecule has 1 aliphatic carbocycles. The van der Waals surface area contributed by atoms with Crippen LogP contribution in [0.25, 0.3) is 0 Å². The SMILES string of the molecule is C#CC(CCC)NC(=O)NCC1(C(=O)O)CCCC1. The van der Waals surface area contributed by atoms with E-state index in [-0.39, 0.29) is 18.6 Å². The van der Waals surface area contributed by atoms with Crippen molar-refractivity contribution in [2.24, 2.45) is 5.41 Å². The highest BCUT2D eigenvalue weighted by atomic mass is 16.4. The van der Waals surface area contributed by atoms with Gasteiger partial charge in [-0.3, -0.25) is 4.79 Å². The van der Waals surface area contributed by atoms with Gasteiger partial charge in [-0.05, 0) is 19.3 Å². The van der Waals surface area contributed by atoms with Gasteiger partial charge >= 0.3 is 12.0 Å². The summed E-state index contributed by atoms with van der Waals surface area (Å²) in [6.45, 7) is 2.15. The van der Waals surface area contributed by atoms with Gasteiger partial charge in [0.25, 0.3) is 0 Å². The van der Waals surface area contributed by atoms with E-state index in [1.54, 1.807) is 0 Å². The smallest absolute Gasteiger partial charge is 0.315 e. The van der Waals surface area contributed by atoms with Crippen LogP contribution in [0.4, 0.5) is 4.79 Å². The minimum atomic E-state index is -0.827. The van der Waals surface area contributed by atoms with E-state index in [2.05, 4.69) is 16.6 Å². The van der Waals surface area contributed by atoms with Gasteiger partial charge < -0.3 is 15.7 Å². The second-order valence-corrected chi connectivity index (χ2v) is 5.13. The van der Waals surface area contributed by atoms with Crippen LogP contribution in [0, 0.1) is 17.8 Å². The number of terminal acetylenes is 1. The molecule has 0 aliphatic heterocycles. The lowest BCUT2D eigenvalue weighted by atomic mass is 9.86. The highest BCUT2D eigenvalue weighted by molar-refractivity contribution is 5.78. The number of carbonyl (C=O) groups is 2. The Hall–Kier alpha value is -1.70. The first kappa shape index (κ1) is 15.4. The van der Waals surface area contributed by atoms with Gasteiger partial charge in [0.2, 0.25) is 0 Å². The molecule has 0 aromatic heterocycles. The molecule has 1 saturated carbocycles. The fourth-order valence-corrected chi connectivity index (χ4v) is 2.46. The van der Waals surface area contributed by atoms with Crippen molar-refractivity contribution >= 4 is 12.0 Å². The first-order valence-corrected chi connectivity index (χ1v) is 6.78. The third-order valence-corrected chi connectivity index (χ3v) is 3.69. The number of aliphatic carboxylic acids is 1. The highest BCUT2D eigenvalue weighted by Gasteiger charge is 2.41. The van der Waals surface area contributed by atoms with Gasteiger partial charge in [-0.2, -0.15) is 0 Å². The molecule has 0 saturated heterocycles. The van der Waals surface area contributed by atoms with Crippen LogP contribution < -0.4 is 10.6 Å². The molecule has 1 rings (SSSR count). The number of hydrogen-bond donors (Lipinski definition) is 3. The molecule has 1 unspecified atom stereocenters.